The lowest BCUT2D eigenvalue weighted by molar-refractivity contribution is -0.132. The first-order chi connectivity index (χ1) is 9.27. The highest BCUT2D eigenvalue weighted by atomic mass is 16.7. The van der Waals surface area contributed by atoms with E-state index in [1.165, 1.54) is 0 Å². The molecule has 4 nitrogen and oxygen atoms in total. The molecular weight excluding hydrogens is 253 g/mol. The van der Waals surface area contributed by atoms with Crippen molar-refractivity contribution in [1.29, 1.82) is 0 Å². The van der Waals surface area contributed by atoms with Crippen molar-refractivity contribution in [3.63, 3.8) is 0 Å². The first-order valence-corrected chi connectivity index (χ1v) is 7.90. The molecule has 0 spiro atoms. The number of hydrogen-bond donors (Lipinski definition) is 0. The quantitative estimate of drug-likeness (QED) is 0.747. The molecule has 114 valence electrons. The third kappa shape index (κ3) is 3.04. The average molecular weight is 281 g/mol. The van der Waals surface area contributed by atoms with Crippen LogP contribution in [0.5, 0.6) is 0 Å². The Morgan fingerprint density at radius 2 is 1.65 bits per heavy atom. The van der Waals surface area contributed by atoms with Gasteiger partial charge in [0.1, 0.15) is 0 Å². The highest BCUT2D eigenvalue weighted by Crippen LogP contribution is 2.42. The maximum Gasteiger partial charge on any atom is 0.461 e. The summed E-state index contributed by atoms with van der Waals surface area (Å²) in [6, 6.07) is 0. The highest BCUT2D eigenvalue weighted by Gasteiger charge is 2.53. The maximum absolute atomic E-state index is 11.9. The minimum Gasteiger partial charge on any atom is -0.403 e. The number of likely N-dealkylation sites (tertiary alicyclic amines) is 1. The molecule has 2 aliphatic heterocycles. The van der Waals surface area contributed by atoms with Crippen molar-refractivity contribution in [1.82, 2.24) is 4.90 Å². The van der Waals surface area contributed by atoms with E-state index in [-0.39, 0.29) is 18.3 Å². The van der Waals surface area contributed by atoms with Gasteiger partial charge in [0.2, 0.25) is 5.91 Å². The Bertz CT molecular complexity index is 346. The van der Waals surface area contributed by atoms with Gasteiger partial charge in [-0.25, -0.2) is 0 Å². The Morgan fingerprint density at radius 3 is 2.10 bits per heavy atom. The largest absolute Gasteiger partial charge is 0.461 e. The van der Waals surface area contributed by atoms with Gasteiger partial charge >= 0.3 is 7.12 Å². The number of nitrogens with zero attached hydrogens (tertiary/aromatic N) is 1. The third-order valence-corrected chi connectivity index (χ3v) is 5.01. The summed E-state index contributed by atoms with van der Waals surface area (Å²) in [7, 11) is -0.122. The number of piperidine rings is 1. The van der Waals surface area contributed by atoms with E-state index >= 15 is 0 Å². The van der Waals surface area contributed by atoms with Crippen molar-refractivity contribution in [3.8, 4) is 0 Å². The maximum atomic E-state index is 11.9. The molecule has 2 rings (SSSR count). The number of carbonyl (C=O) groups excluding carboxylic acids is 1. The topological polar surface area (TPSA) is 38.8 Å². The standard InChI is InChI=1S/C15H28BNO3/c1-6-7-13(18)17-10-8-12(9-11-17)16-19-14(2,3)15(4,5)20-16/h12H,6-11H2,1-5H3. The van der Waals surface area contributed by atoms with Crippen molar-refractivity contribution < 1.29 is 14.1 Å². The lowest BCUT2D eigenvalue weighted by atomic mass is 9.67. The lowest BCUT2D eigenvalue weighted by Gasteiger charge is -2.32. The minimum absolute atomic E-state index is 0.122. The third-order valence-electron chi connectivity index (χ3n) is 5.01. The number of rotatable bonds is 3. The van der Waals surface area contributed by atoms with Crippen LogP contribution < -0.4 is 0 Å². The molecule has 0 saturated carbocycles. The van der Waals surface area contributed by atoms with Crippen molar-refractivity contribution in [2.24, 2.45) is 0 Å². The molecule has 0 unspecified atom stereocenters. The van der Waals surface area contributed by atoms with E-state index < -0.39 is 0 Å². The number of carbonyl (C=O) groups is 1. The zero-order chi connectivity index (χ0) is 15.0. The zero-order valence-corrected chi connectivity index (χ0v) is 13.6. The number of hydrogen-bond acceptors (Lipinski definition) is 3. The molecule has 0 radical (unpaired) electrons. The first-order valence-electron chi connectivity index (χ1n) is 7.90. The Morgan fingerprint density at radius 1 is 1.15 bits per heavy atom. The van der Waals surface area contributed by atoms with Crippen molar-refractivity contribution in [2.45, 2.75) is 77.3 Å². The lowest BCUT2D eigenvalue weighted by Crippen LogP contribution is -2.41. The smallest absolute Gasteiger partial charge is 0.403 e. The fourth-order valence-corrected chi connectivity index (χ4v) is 2.87. The molecule has 2 saturated heterocycles. The van der Waals surface area contributed by atoms with Gasteiger partial charge < -0.3 is 14.2 Å². The van der Waals surface area contributed by atoms with Gasteiger partial charge in [-0.15, -0.1) is 0 Å². The van der Waals surface area contributed by atoms with Crippen LogP contribution in [0, 0.1) is 0 Å². The zero-order valence-electron chi connectivity index (χ0n) is 13.6. The van der Waals surface area contributed by atoms with E-state index in [0.29, 0.717) is 18.1 Å². The average Bonchev–Trinajstić information content (AvgIpc) is 2.59. The van der Waals surface area contributed by atoms with Gasteiger partial charge in [-0.2, -0.15) is 0 Å². The molecule has 2 heterocycles. The summed E-state index contributed by atoms with van der Waals surface area (Å²) in [5, 5.41) is 0. The van der Waals surface area contributed by atoms with Crippen LogP contribution >= 0.6 is 0 Å². The van der Waals surface area contributed by atoms with E-state index in [4.69, 9.17) is 9.31 Å². The summed E-state index contributed by atoms with van der Waals surface area (Å²) in [4.78, 5) is 13.9. The predicted molar refractivity (Wildman–Crippen MR) is 80.6 cm³/mol. The molecule has 0 atom stereocenters. The molecule has 1 amide bonds. The summed E-state index contributed by atoms with van der Waals surface area (Å²) in [6.45, 7) is 12.1. The van der Waals surface area contributed by atoms with Crippen LogP contribution in [0.4, 0.5) is 0 Å². The molecule has 2 fully saturated rings. The number of amides is 1. The van der Waals surface area contributed by atoms with E-state index in [9.17, 15) is 4.79 Å². The molecular formula is C15H28BNO3. The second-order valence-electron chi connectivity index (χ2n) is 7.09. The van der Waals surface area contributed by atoms with Crippen LogP contribution in [0.2, 0.25) is 5.82 Å². The molecule has 0 N–H and O–H groups in total. The van der Waals surface area contributed by atoms with Gasteiger partial charge in [-0.3, -0.25) is 4.79 Å². The summed E-state index contributed by atoms with van der Waals surface area (Å²) in [5.41, 5.74) is -0.514. The Hall–Kier alpha value is -0.545. The van der Waals surface area contributed by atoms with Crippen LogP contribution in [0.3, 0.4) is 0 Å². The molecule has 0 bridgehead atoms. The van der Waals surface area contributed by atoms with Gasteiger partial charge in [-0.1, -0.05) is 6.92 Å². The molecule has 0 aromatic rings. The normalized spacial score (nSPS) is 26.1. The van der Waals surface area contributed by atoms with E-state index in [0.717, 1.165) is 32.4 Å². The predicted octanol–water partition coefficient (Wildman–Crippen LogP) is 2.87. The van der Waals surface area contributed by atoms with Crippen LogP contribution in [0.1, 0.15) is 60.3 Å². The highest BCUT2D eigenvalue weighted by molar-refractivity contribution is 6.47. The Kier molecular flexibility index (Phi) is 4.50. The van der Waals surface area contributed by atoms with Crippen molar-refractivity contribution in [3.05, 3.63) is 0 Å². The summed E-state index contributed by atoms with van der Waals surface area (Å²) in [5.74, 6) is 0.696. The van der Waals surface area contributed by atoms with Gasteiger partial charge in [0.05, 0.1) is 11.2 Å². The van der Waals surface area contributed by atoms with Crippen LogP contribution in [-0.4, -0.2) is 42.2 Å². The summed E-state index contributed by atoms with van der Waals surface area (Å²) < 4.78 is 12.2. The van der Waals surface area contributed by atoms with Crippen molar-refractivity contribution >= 4 is 13.0 Å². The van der Waals surface area contributed by atoms with Crippen LogP contribution in [0.15, 0.2) is 0 Å². The Labute approximate surface area is 123 Å². The van der Waals surface area contributed by atoms with Gasteiger partial charge in [-0.05, 0) is 52.8 Å². The fourth-order valence-electron chi connectivity index (χ4n) is 2.87. The van der Waals surface area contributed by atoms with Gasteiger partial charge in [0, 0.05) is 19.5 Å². The van der Waals surface area contributed by atoms with Crippen molar-refractivity contribution in [2.75, 3.05) is 13.1 Å². The summed E-state index contributed by atoms with van der Waals surface area (Å²) >= 11 is 0. The second kappa shape index (κ2) is 5.68. The second-order valence-corrected chi connectivity index (χ2v) is 7.09. The van der Waals surface area contributed by atoms with E-state index in [2.05, 4.69) is 34.6 Å². The van der Waals surface area contributed by atoms with Crippen LogP contribution in [0.25, 0.3) is 0 Å². The van der Waals surface area contributed by atoms with E-state index in [1.54, 1.807) is 0 Å². The molecule has 0 aliphatic carbocycles. The van der Waals surface area contributed by atoms with Gasteiger partial charge in [0.15, 0.2) is 0 Å². The van der Waals surface area contributed by atoms with E-state index in [1.807, 2.05) is 4.90 Å². The van der Waals surface area contributed by atoms with Crippen LogP contribution in [-0.2, 0) is 14.1 Å². The first kappa shape index (κ1) is 15.8. The molecule has 2 aliphatic rings. The van der Waals surface area contributed by atoms with Gasteiger partial charge in [0.25, 0.3) is 0 Å². The monoisotopic (exact) mass is 281 g/mol. The summed E-state index contributed by atoms with van der Waals surface area (Å²) in [6.07, 6.45) is 3.55. The Balaban J connectivity index is 1.88. The molecule has 20 heavy (non-hydrogen) atoms. The molecule has 0 aromatic carbocycles. The minimum atomic E-state index is -0.257. The molecule has 0 aromatic heterocycles. The fraction of sp³-hybridized carbons (Fsp3) is 0.933. The SMILES string of the molecule is CCCC(=O)N1CCC(B2OC(C)(C)C(C)(C)O2)CC1. The molecule has 5 heteroatoms.